The van der Waals surface area contributed by atoms with E-state index in [4.69, 9.17) is 0 Å². The maximum atomic E-state index is 12.4. The highest BCUT2D eigenvalue weighted by molar-refractivity contribution is 6.06. The summed E-state index contributed by atoms with van der Waals surface area (Å²) in [4.78, 5) is 24.7. The standard InChI is InChI=1S/C22H19N3O3/c1-15-6-2-3-11-20(15)22(28)24-18-9-5-8-17(13-18)21(27)25-23-14-16-7-4-10-19(26)12-16/h2-14,26H,1H3,(H,24,28)(H,25,27)/b23-14-. The number of phenolic OH excluding ortho intramolecular Hbond substituents is 1. The van der Waals surface area contributed by atoms with E-state index in [1.165, 1.54) is 12.3 Å². The SMILES string of the molecule is Cc1ccccc1C(=O)Nc1cccc(C(=O)N/N=C\c2cccc(O)c2)c1. The van der Waals surface area contributed by atoms with Crippen molar-refractivity contribution in [3.8, 4) is 5.75 Å². The fraction of sp³-hybridized carbons (Fsp3) is 0.0455. The number of carbonyl (C=O) groups is 2. The summed E-state index contributed by atoms with van der Waals surface area (Å²) in [6.45, 7) is 1.86. The molecular formula is C22H19N3O3. The number of aromatic hydroxyl groups is 1. The molecule has 0 unspecified atom stereocenters. The number of hydrogen-bond donors (Lipinski definition) is 3. The minimum Gasteiger partial charge on any atom is -0.508 e. The third-order valence-corrected chi connectivity index (χ3v) is 4.02. The van der Waals surface area contributed by atoms with Crippen LogP contribution in [0.15, 0.2) is 77.9 Å². The second kappa shape index (κ2) is 8.64. The highest BCUT2D eigenvalue weighted by atomic mass is 16.3. The summed E-state index contributed by atoms with van der Waals surface area (Å²) in [7, 11) is 0. The molecule has 0 saturated heterocycles. The van der Waals surface area contributed by atoms with Gasteiger partial charge in [0.05, 0.1) is 6.21 Å². The molecule has 0 radical (unpaired) electrons. The highest BCUT2D eigenvalue weighted by Gasteiger charge is 2.10. The zero-order chi connectivity index (χ0) is 19.9. The van der Waals surface area contributed by atoms with E-state index < -0.39 is 5.91 Å². The Kier molecular flexibility index (Phi) is 5.81. The van der Waals surface area contributed by atoms with E-state index >= 15 is 0 Å². The third-order valence-electron chi connectivity index (χ3n) is 4.02. The van der Waals surface area contributed by atoms with Crippen LogP contribution in [-0.4, -0.2) is 23.1 Å². The van der Waals surface area contributed by atoms with Gasteiger partial charge < -0.3 is 10.4 Å². The van der Waals surface area contributed by atoms with Gasteiger partial charge in [-0.15, -0.1) is 0 Å². The van der Waals surface area contributed by atoms with Gasteiger partial charge in [0.2, 0.25) is 0 Å². The number of benzene rings is 3. The van der Waals surface area contributed by atoms with E-state index in [9.17, 15) is 14.7 Å². The van der Waals surface area contributed by atoms with Crippen LogP contribution in [0.3, 0.4) is 0 Å². The number of aryl methyl sites for hydroxylation is 1. The van der Waals surface area contributed by atoms with Crippen molar-refractivity contribution >= 4 is 23.7 Å². The Morgan fingerprint density at radius 1 is 0.929 bits per heavy atom. The van der Waals surface area contributed by atoms with Crippen molar-refractivity contribution in [1.29, 1.82) is 0 Å². The van der Waals surface area contributed by atoms with E-state index in [0.29, 0.717) is 22.4 Å². The van der Waals surface area contributed by atoms with E-state index in [-0.39, 0.29) is 11.7 Å². The molecule has 3 aromatic carbocycles. The summed E-state index contributed by atoms with van der Waals surface area (Å²) >= 11 is 0. The molecule has 0 heterocycles. The van der Waals surface area contributed by atoms with Crippen LogP contribution in [0, 0.1) is 6.92 Å². The molecule has 0 spiro atoms. The van der Waals surface area contributed by atoms with E-state index in [0.717, 1.165) is 5.56 Å². The van der Waals surface area contributed by atoms with Crippen LogP contribution >= 0.6 is 0 Å². The first kappa shape index (κ1) is 18.8. The molecule has 0 aliphatic carbocycles. The first-order chi connectivity index (χ1) is 13.5. The number of carbonyl (C=O) groups excluding carboxylic acids is 2. The minimum absolute atomic E-state index is 0.118. The summed E-state index contributed by atoms with van der Waals surface area (Å²) in [6.07, 6.45) is 1.43. The second-order valence-corrected chi connectivity index (χ2v) is 6.14. The summed E-state index contributed by atoms with van der Waals surface area (Å²) in [5.41, 5.74) is 5.39. The van der Waals surface area contributed by atoms with Gasteiger partial charge in [-0.1, -0.05) is 36.4 Å². The van der Waals surface area contributed by atoms with Gasteiger partial charge in [0.25, 0.3) is 11.8 Å². The molecule has 0 atom stereocenters. The molecule has 6 heteroatoms. The molecule has 28 heavy (non-hydrogen) atoms. The van der Waals surface area contributed by atoms with Crippen LogP contribution in [0.4, 0.5) is 5.69 Å². The zero-order valence-corrected chi connectivity index (χ0v) is 15.2. The van der Waals surface area contributed by atoms with Gasteiger partial charge in [-0.3, -0.25) is 9.59 Å². The van der Waals surface area contributed by atoms with Gasteiger partial charge in [-0.25, -0.2) is 5.43 Å². The number of hydrogen-bond acceptors (Lipinski definition) is 4. The van der Waals surface area contributed by atoms with Crippen molar-refractivity contribution in [3.63, 3.8) is 0 Å². The molecule has 3 N–H and O–H groups in total. The average molecular weight is 373 g/mol. The Morgan fingerprint density at radius 2 is 1.71 bits per heavy atom. The maximum absolute atomic E-state index is 12.4. The van der Waals surface area contributed by atoms with Gasteiger partial charge in [-0.05, 0) is 54.4 Å². The molecule has 0 bridgehead atoms. The van der Waals surface area contributed by atoms with Crippen LogP contribution in [0.5, 0.6) is 5.75 Å². The summed E-state index contributed by atoms with van der Waals surface area (Å²) < 4.78 is 0. The van der Waals surface area contributed by atoms with Crippen LogP contribution in [-0.2, 0) is 0 Å². The number of nitrogens with one attached hydrogen (secondary N) is 2. The van der Waals surface area contributed by atoms with Crippen molar-refractivity contribution in [1.82, 2.24) is 5.43 Å². The van der Waals surface area contributed by atoms with Crippen LogP contribution < -0.4 is 10.7 Å². The topological polar surface area (TPSA) is 90.8 Å². The fourth-order valence-electron chi connectivity index (χ4n) is 2.60. The van der Waals surface area contributed by atoms with Crippen LogP contribution in [0.2, 0.25) is 0 Å². The second-order valence-electron chi connectivity index (χ2n) is 6.14. The Hall–Kier alpha value is -3.93. The smallest absolute Gasteiger partial charge is 0.271 e. The number of anilines is 1. The van der Waals surface area contributed by atoms with Gasteiger partial charge in [0.1, 0.15) is 5.75 Å². The first-order valence-electron chi connectivity index (χ1n) is 8.62. The molecule has 0 aromatic heterocycles. The summed E-state index contributed by atoms with van der Waals surface area (Å²) in [6, 6.07) is 20.4. The van der Waals surface area contributed by atoms with Crippen molar-refractivity contribution in [2.45, 2.75) is 6.92 Å². The van der Waals surface area contributed by atoms with Crippen molar-refractivity contribution < 1.29 is 14.7 Å². The summed E-state index contributed by atoms with van der Waals surface area (Å²) in [5, 5.41) is 16.1. The Labute approximate surface area is 162 Å². The van der Waals surface area contributed by atoms with Crippen LogP contribution in [0.25, 0.3) is 0 Å². The molecule has 3 aromatic rings. The van der Waals surface area contributed by atoms with Crippen LogP contribution in [0.1, 0.15) is 31.8 Å². The van der Waals surface area contributed by atoms with Gasteiger partial charge >= 0.3 is 0 Å². The molecule has 0 fully saturated rings. The Bertz CT molecular complexity index is 1040. The lowest BCUT2D eigenvalue weighted by atomic mass is 10.1. The van der Waals surface area contributed by atoms with Gasteiger partial charge in [0, 0.05) is 16.8 Å². The number of nitrogens with zero attached hydrogens (tertiary/aromatic N) is 1. The van der Waals surface area contributed by atoms with Gasteiger partial charge in [-0.2, -0.15) is 5.10 Å². The lowest BCUT2D eigenvalue weighted by Gasteiger charge is -2.08. The summed E-state index contributed by atoms with van der Waals surface area (Å²) in [5.74, 6) is -0.534. The third kappa shape index (κ3) is 4.82. The first-order valence-corrected chi connectivity index (χ1v) is 8.62. The largest absolute Gasteiger partial charge is 0.508 e. The molecule has 140 valence electrons. The fourth-order valence-corrected chi connectivity index (χ4v) is 2.60. The molecule has 6 nitrogen and oxygen atoms in total. The maximum Gasteiger partial charge on any atom is 0.271 e. The predicted octanol–water partition coefficient (Wildman–Crippen LogP) is 3.72. The minimum atomic E-state index is -0.414. The molecule has 0 aliphatic rings. The van der Waals surface area contributed by atoms with Crippen molar-refractivity contribution in [3.05, 3.63) is 95.1 Å². The number of rotatable bonds is 5. The normalized spacial score (nSPS) is 10.6. The van der Waals surface area contributed by atoms with E-state index in [1.807, 2.05) is 19.1 Å². The molecule has 0 saturated carbocycles. The van der Waals surface area contributed by atoms with Crippen molar-refractivity contribution in [2.75, 3.05) is 5.32 Å². The van der Waals surface area contributed by atoms with Crippen molar-refractivity contribution in [2.24, 2.45) is 5.10 Å². The molecule has 0 aliphatic heterocycles. The molecule has 2 amide bonds. The molecule has 3 rings (SSSR count). The molecular weight excluding hydrogens is 354 g/mol. The van der Waals surface area contributed by atoms with Gasteiger partial charge in [0.15, 0.2) is 0 Å². The van der Waals surface area contributed by atoms with E-state index in [2.05, 4.69) is 15.8 Å². The Balaban J connectivity index is 1.66. The predicted molar refractivity (Wildman–Crippen MR) is 109 cm³/mol. The Morgan fingerprint density at radius 3 is 2.50 bits per heavy atom. The zero-order valence-electron chi connectivity index (χ0n) is 15.2. The highest BCUT2D eigenvalue weighted by Crippen LogP contribution is 2.14. The monoisotopic (exact) mass is 373 g/mol. The number of phenols is 1. The number of hydrazone groups is 1. The quantitative estimate of drug-likeness (QED) is 0.470. The lowest BCUT2D eigenvalue weighted by Crippen LogP contribution is -2.18. The van der Waals surface area contributed by atoms with E-state index in [1.54, 1.807) is 54.6 Å². The number of amides is 2. The lowest BCUT2D eigenvalue weighted by molar-refractivity contribution is 0.0953. The average Bonchev–Trinajstić information content (AvgIpc) is 2.68.